The highest BCUT2D eigenvalue weighted by atomic mass is 32.1. The number of aryl methyl sites for hydroxylation is 1. The number of carbonyl (C=O) groups is 2. The van der Waals surface area contributed by atoms with Crippen LogP contribution in [0, 0.1) is 6.92 Å². The molecule has 17 heavy (non-hydrogen) atoms. The van der Waals surface area contributed by atoms with Gasteiger partial charge in [0, 0.05) is 0 Å². The molecule has 0 aliphatic rings. The van der Waals surface area contributed by atoms with Crippen molar-refractivity contribution in [3.63, 3.8) is 0 Å². The lowest BCUT2D eigenvalue weighted by molar-refractivity contribution is 0.0701. The number of anilines is 1. The maximum Gasteiger partial charge on any atom is 0.346 e. The van der Waals surface area contributed by atoms with E-state index in [9.17, 15) is 9.59 Å². The molecule has 0 saturated heterocycles. The average Bonchev–Trinajstić information content (AvgIpc) is 2.86. The fourth-order valence-corrected chi connectivity index (χ4v) is 2.86. The van der Waals surface area contributed by atoms with Crippen LogP contribution in [0.5, 0.6) is 0 Å². The van der Waals surface area contributed by atoms with Crippen LogP contribution in [0.25, 0.3) is 0 Å². The van der Waals surface area contributed by atoms with Crippen molar-refractivity contribution in [3.05, 3.63) is 38.9 Å². The summed E-state index contributed by atoms with van der Waals surface area (Å²) in [6.07, 6.45) is 0. The first kappa shape index (κ1) is 11.8. The van der Waals surface area contributed by atoms with Gasteiger partial charge in [0.15, 0.2) is 0 Å². The fraction of sp³-hybridized carbons (Fsp3) is 0.0909. The first-order chi connectivity index (χ1) is 8.08. The van der Waals surface area contributed by atoms with Crippen LogP contribution in [-0.4, -0.2) is 17.0 Å². The van der Waals surface area contributed by atoms with Gasteiger partial charge in [0.05, 0.1) is 9.88 Å². The highest BCUT2D eigenvalue weighted by molar-refractivity contribution is 7.18. The summed E-state index contributed by atoms with van der Waals surface area (Å²) in [5.41, 5.74) is 0.656. The van der Waals surface area contributed by atoms with Crippen molar-refractivity contribution in [2.24, 2.45) is 0 Å². The molecular weight excluding hydrogens is 258 g/mol. The number of amides is 1. The highest BCUT2D eigenvalue weighted by Crippen LogP contribution is 2.27. The Morgan fingerprint density at radius 1 is 1.41 bits per heavy atom. The Labute approximate surface area is 106 Å². The van der Waals surface area contributed by atoms with Crippen LogP contribution >= 0.6 is 22.7 Å². The van der Waals surface area contributed by atoms with Gasteiger partial charge in [-0.05, 0) is 30.0 Å². The summed E-state index contributed by atoms with van der Waals surface area (Å²) in [7, 11) is 0. The lowest BCUT2D eigenvalue weighted by Crippen LogP contribution is -2.08. The van der Waals surface area contributed by atoms with E-state index in [1.807, 2.05) is 5.38 Å². The molecule has 2 aromatic rings. The molecule has 0 aromatic carbocycles. The first-order valence-electron chi connectivity index (χ1n) is 4.76. The van der Waals surface area contributed by atoms with Crippen LogP contribution in [0.1, 0.15) is 24.9 Å². The molecule has 4 nitrogen and oxygen atoms in total. The molecule has 0 atom stereocenters. The summed E-state index contributed by atoms with van der Waals surface area (Å²) in [6.45, 7) is 1.71. The van der Waals surface area contributed by atoms with E-state index in [0.29, 0.717) is 15.4 Å². The monoisotopic (exact) mass is 267 g/mol. The highest BCUT2D eigenvalue weighted by Gasteiger charge is 2.14. The van der Waals surface area contributed by atoms with Crippen molar-refractivity contribution in [1.29, 1.82) is 0 Å². The molecule has 6 heteroatoms. The number of hydrogen-bond donors (Lipinski definition) is 2. The van der Waals surface area contributed by atoms with Gasteiger partial charge in [-0.15, -0.1) is 22.7 Å². The molecule has 0 unspecified atom stereocenters. The molecule has 1 amide bonds. The number of carboxylic acids is 1. The van der Waals surface area contributed by atoms with Gasteiger partial charge in [0.25, 0.3) is 5.91 Å². The van der Waals surface area contributed by atoms with Crippen LogP contribution < -0.4 is 5.32 Å². The molecule has 0 saturated carbocycles. The largest absolute Gasteiger partial charge is 0.477 e. The van der Waals surface area contributed by atoms with E-state index in [0.717, 1.165) is 11.3 Å². The maximum atomic E-state index is 11.7. The van der Waals surface area contributed by atoms with Gasteiger partial charge in [-0.1, -0.05) is 6.07 Å². The van der Waals surface area contributed by atoms with E-state index < -0.39 is 5.97 Å². The zero-order valence-electron chi connectivity index (χ0n) is 8.89. The van der Waals surface area contributed by atoms with Crippen LogP contribution in [0.2, 0.25) is 0 Å². The SMILES string of the molecule is Cc1cc(NC(=O)c2cccs2)sc1C(=O)O. The summed E-state index contributed by atoms with van der Waals surface area (Å²) >= 11 is 2.41. The predicted octanol–water partition coefficient (Wildman–Crippen LogP) is 3.07. The van der Waals surface area contributed by atoms with Gasteiger partial charge >= 0.3 is 5.97 Å². The lowest BCUT2D eigenvalue weighted by Gasteiger charge is -1.98. The molecule has 2 heterocycles. The molecule has 0 aliphatic heterocycles. The zero-order valence-corrected chi connectivity index (χ0v) is 10.5. The van der Waals surface area contributed by atoms with Gasteiger partial charge in [-0.3, -0.25) is 4.79 Å². The number of aromatic carboxylic acids is 1. The van der Waals surface area contributed by atoms with Crippen molar-refractivity contribution in [2.75, 3.05) is 5.32 Å². The number of carboxylic acid groups (broad SMARTS) is 1. The second-order valence-electron chi connectivity index (χ2n) is 3.36. The summed E-state index contributed by atoms with van der Waals surface area (Å²) in [5.74, 6) is -1.18. The van der Waals surface area contributed by atoms with Crippen LogP contribution in [0.4, 0.5) is 5.00 Å². The number of thiophene rings is 2. The van der Waals surface area contributed by atoms with E-state index in [1.54, 1.807) is 25.1 Å². The summed E-state index contributed by atoms with van der Waals surface area (Å²) in [6, 6.07) is 5.18. The Hall–Kier alpha value is -1.66. The van der Waals surface area contributed by atoms with Gasteiger partial charge in [0.2, 0.25) is 0 Å². The third kappa shape index (κ3) is 2.54. The standard InChI is InChI=1S/C11H9NO3S2/c1-6-5-8(17-9(6)11(14)15)12-10(13)7-3-2-4-16-7/h2-5H,1H3,(H,12,13)(H,14,15). The Balaban J connectivity index is 2.17. The normalized spacial score (nSPS) is 10.2. The van der Waals surface area contributed by atoms with Crippen LogP contribution in [0.3, 0.4) is 0 Å². The minimum atomic E-state index is -0.968. The number of hydrogen-bond acceptors (Lipinski definition) is 4. The van der Waals surface area contributed by atoms with E-state index in [-0.39, 0.29) is 10.8 Å². The van der Waals surface area contributed by atoms with Crippen molar-refractivity contribution in [3.8, 4) is 0 Å². The fourth-order valence-electron chi connectivity index (χ4n) is 1.34. The Kier molecular flexibility index (Phi) is 3.26. The summed E-state index contributed by atoms with van der Waals surface area (Å²) in [5, 5.41) is 14.0. The maximum absolute atomic E-state index is 11.7. The molecule has 0 radical (unpaired) electrons. The van der Waals surface area contributed by atoms with E-state index in [4.69, 9.17) is 5.11 Å². The molecule has 0 aliphatic carbocycles. The third-order valence-corrected chi connectivity index (χ3v) is 4.10. The molecule has 0 bridgehead atoms. The minimum absolute atomic E-state index is 0.210. The zero-order chi connectivity index (χ0) is 12.4. The van der Waals surface area contributed by atoms with Crippen molar-refractivity contribution >= 4 is 39.6 Å². The second-order valence-corrected chi connectivity index (χ2v) is 5.36. The molecule has 2 N–H and O–H groups in total. The Morgan fingerprint density at radius 3 is 2.71 bits per heavy atom. The van der Waals surface area contributed by atoms with Gasteiger partial charge in [0.1, 0.15) is 4.88 Å². The number of carbonyl (C=O) groups excluding carboxylic acids is 1. The lowest BCUT2D eigenvalue weighted by atomic mass is 10.3. The van der Waals surface area contributed by atoms with Gasteiger partial charge in [-0.2, -0.15) is 0 Å². The second kappa shape index (κ2) is 4.68. The Morgan fingerprint density at radius 2 is 2.18 bits per heavy atom. The Bertz CT molecular complexity index is 557. The quantitative estimate of drug-likeness (QED) is 0.898. The van der Waals surface area contributed by atoms with Crippen molar-refractivity contribution < 1.29 is 14.7 Å². The van der Waals surface area contributed by atoms with Crippen molar-refractivity contribution in [1.82, 2.24) is 0 Å². The number of nitrogens with one attached hydrogen (secondary N) is 1. The predicted molar refractivity (Wildman–Crippen MR) is 68.3 cm³/mol. The van der Waals surface area contributed by atoms with Gasteiger partial charge < -0.3 is 10.4 Å². The van der Waals surface area contributed by atoms with E-state index >= 15 is 0 Å². The molecule has 0 spiro atoms. The molecule has 88 valence electrons. The van der Waals surface area contributed by atoms with Gasteiger partial charge in [-0.25, -0.2) is 4.79 Å². The van der Waals surface area contributed by atoms with E-state index in [2.05, 4.69) is 5.32 Å². The van der Waals surface area contributed by atoms with E-state index in [1.165, 1.54) is 11.3 Å². The summed E-state index contributed by atoms with van der Waals surface area (Å²) < 4.78 is 0. The first-order valence-corrected chi connectivity index (χ1v) is 6.46. The number of rotatable bonds is 3. The summed E-state index contributed by atoms with van der Waals surface area (Å²) in [4.78, 5) is 23.4. The molecule has 2 aromatic heterocycles. The molecule has 0 fully saturated rings. The molecule has 2 rings (SSSR count). The van der Waals surface area contributed by atoms with Crippen molar-refractivity contribution in [2.45, 2.75) is 6.92 Å². The topological polar surface area (TPSA) is 66.4 Å². The third-order valence-electron chi connectivity index (χ3n) is 2.09. The average molecular weight is 267 g/mol. The van der Waals surface area contributed by atoms with Crippen LogP contribution in [-0.2, 0) is 0 Å². The van der Waals surface area contributed by atoms with Crippen LogP contribution in [0.15, 0.2) is 23.6 Å². The smallest absolute Gasteiger partial charge is 0.346 e. The minimum Gasteiger partial charge on any atom is -0.477 e. The molecular formula is C11H9NO3S2.